The number of methoxy groups -OCH3 is 1. The lowest BCUT2D eigenvalue weighted by molar-refractivity contribution is -0.139. The Morgan fingerprint density at radius 1 is 1.27 bits per heavy atom. The van der Waals surface area contributed by atoms with Crippen molar-refractivity contribution in [3.63, 3.8) is 0 Å². The number of carbonyl (C=O) groups is 2. The molecule has 3 aliphatic rings. The van der Waals surface area contributed by atoms with Gasteiger partial charge in [-0.25, -0.2) is 0 Å². The number of piperidine rings is 2. The highest BCUT2D eigenvalue weighted by Gasteiger charge is 2.45. The predicted octanol–water partition coefficient (Wildman–Crippen LogP) is 1.60. The summed E-state index contributed by atoms with van der Waals surface area (Å²) in [7, 11) is 3.88. The highest BCUT2D eigenvalue weighted by molar-refractivity contribution is 5.86. The number of nitrogens with zero attached hydrogens (tertiary/aromatic N) is 3. The maximum absolute atomic E-state index is 12.8. The Hall–Kier alpha value is -1.14. The summed E-state index contributed by atoms with van der Waals surface area (Å²) in [4.78, 5) is 31.5. The van der Waals surface area contributed by atoms with Crippen LogP contribution in [0.25, 0.3) is 0 Å². The van der Waals surface area contributed by atoms with Crippen molar-refractivity contribution in [2.75, 3.05) is 60.0 Å². The van der Waals surface area contributed by atoms with Crippen molar-refractivity contribution in [1.82, 2.24) is 14.7 Å². The summed E-state index contributed by atoms with van der Waals surface area (Å²) in [5.74, 6) is 0.897. The van der Waals surface area contributed by atoms with Crippen LogP contribution in [0.5, 0.6) is 0 Å². The van der Waals surface area contributed by atoms with E-state index in [-0.39, 0.29) is 23.8 Å². The van der Waals surface area contributed by atoms with E-state index in [1.165, 1.54) is 6.42 Å². The molecule has 0 N–H and O–H groups in total. The summed E-state index contributed by atoms with van der Waals surface area (Å²) in [6.07, 6.45) is 7.24. The monoisotopic (exact) mass is 365 g/mol. The second kappa shape index (κ2) is 8.70. The van der Waals surface area contributed by atoms with Crippen LogP contribution in [0.1, 0.15) is 44.9 Å². The van der Waals surface area contributed by atoms with Gasteiger partial charge in [0.05, 0.1) is 6.54 Å². The summed E-state index contributed by atoms with van der Waals surface area (Å²) in [5.41, 5.74) is 0.120. The molecule has 3 saturated heterocycles. The number of hydrogen-bond donors (Lipinski definition) is 0. The van der Waals surface area contributed by atoms with Crippen molar-refractivity contribution in [2.45, 2.75) is 44.9 Å². The van der Waals surface area contributed by atoms with Gasteiger partial charge >= 0.3 is 0 Å². The summed E-state index contributed by atoms with van der Waals surface area (Å²) in [6, 6.07) is 0. The maximum Gasteiger partial charge on any atom is 0.242 e. The van der Waals surface area contributed by atoms with Crippen LogP contribution in [0, 0.1) is 11.3 Å². The van der Waals surface area contributed by atoms with Crippen LogP contribution >= 0.6 is 0 Å². The first-order valence-electron chi connectivity index (χ1n) is 10.2. The Morgan fingerprint density at radius 2 is 2.04 bits per heavy atom. The van der Waals surface area contributed by atoms with Crippen LogP contribution in [-0.4, -0.2) is 86.5 Å². The minimum atomic E-state index is 0.120. The van der Waals surface area contributed by atoms with Gasteiger partial charge in [-0.3, -0.25) is 9.59 Å². The zero-order chi connectivity index (χ0) is 18.6. The fraction of sp³-hybridized carbons (Fsp3) is 0.900. The summed E-state index contributed by atoms with van der Waals surface area (Å²) < 4.78 is 5.14. The first kappa shape index (κ1) is 19.6. The SMILES string of the molecule is COCCCC1CCCN(C(=O)CN2CC3(CCN(C)CC3)CC2=O)C1. The normalized spacial score (nSPS) is 26.7. The van der Waals surface area contributed by atoms with E-state index in [0.717, 1.165) is 71.4 Å². The molecule has 3 fully saturated rings. The molecule has 3 rings (SSSR count). The van der Waals surface area contributed by atoms with Crippen LogP contribution in [0.15, 0.2) is 0 Å². The predicted molar refractivity (Wildman–Crippen MR) is 101 cm³/mol. The van der Waals surface area contributed by atoms with Crippen molar-refractivity contribution in [2.24, 2.45) is 11.3 Å². The highest BCUT2D eigenvalue weighted by Crippen LogP contribution is 2.40. The van der Waals surface area contributed by atoms with E-state index in [1.807, 2.05) is 9.80 Å². The maximum atomic E-state index is 12.8. The molecule has 2 amide bonds. The molecule has 3 aliphatic heterocycles. The molecule has 6 heteroatoms. The quantitative estimate of drug-likeness (QED) is 0.671. The topological polar surface area (TPSA) is 53.1 Å². The van der Waals surface area contributed by atoms with Gasteiger partial charge in [0.2, 0.25) is 11.8 Å². The Labute approximate surface area is 157 Å². The molecule has 3 heterocycles. The minimum Gasteiger partial charge on any atom is -0.385 e. The zero-order valence-electron chi connectivity index (χ0n) is 16.5. The van der Waals surface area contributed by atoms with Crippen molar-refractivity contribution in [3.05, 3.63) is 0 Å². The summed E-state index contributed by atoms with van der Waals surface area (Å²) in [6.45, 7) is 5.66. The fourth-order valence-electron chi connectivity index (χ4n) is 4.86. The lowest BCUT2D eigenvalue weighted by Gasteiger charge is -2.37. The van der Waals surface area contributed by atoms with E-state index < -0.39 is 0 Å². The first-order valence-corrected chi connectivity index (χ1v) is 10.2. The summed E-state index contributed by atoms with van der Waals surface area (Å²) >= 11 is 0. The molecule has 26 heavy (non-hydrogen) atoms. The number of likely N-dealkylation sites (tertiary alicyclic amines) is 3. The third-order valence-corrected chi connectivity index (χ3v) is 6.61. The van der Waals surface area contributed by atoms with Crippen molar-refractivity contribution in [1.29, 1.82) is 0 Å². The van der Waals surface area contributed by atoms with E-state index in [1.54, 1.807) is 7.11 Å². The van der Waals surface area contributed by atoms with Crippen LogP contribution in [0.4, 0.5) is 0 Å². The Kier molecular flexibility index (Phi) is 6.56. The molecule has 6 nitrogen and oxygen atoms in total. The van der Waals surface area contributed by atoms with Gasteiger partial charge in [-0.05, 0) is 70.0 Å². The molecule has 148 valence electrons. The van der Waals surface area contributed by atoms with Crippen LogP contribution in [0.3, 0.4) is 0 Å². The van der Waals surface area contributed by atoms with Gasteiger partial charge in [-0.1, -0.05) is 0 Å². The molecule has 0 aromatic carbocycles. The van der Waals surface area contributed by atoms with Gasteiger partial charge in [0.15, 0.2) is 0 Å². The van der Waals surface area contributed by atoms with E-state index >= 15 is 0 Å². The molecule has 1 unspecified atom stereocenters. The molecule has 1 atom stereocenters. The number of ether oxygens (including phenoxy) is 1. The lowest BCUT2D eigenvalue weighted by atomic mass is 9.78. The highest BCUT2D eigenvalue weighted by atomic mass is 16.5. The van der Waals surface area contributed by atoms with Crippen molar-refractivity contribution < 1.29 is 14.3 Å². The third-order valence-electron chi connectivity index (χ3n) is 6.61. The van der Waals surface area contributed by atoms with Crippen LogP contribution < -0.4 is 0 Å². The Bertz CT molecular complexity index is 503. The summed E-state index contributed by atoms with van der Waals surface area (Å²) in [5, 5.41) is 0. The van der Waals surface area contributed by atoms with Gasteiger partial charge in [-0.2, -0.15) is 0 Å². The fourth-order valence-corrected chi connectivity index (χ4v) is 4.86. The molecular formula is C20H35N3O3. The molecule has 0 saturated carbocycles. The van der Waals surface area contributed by atoms with Crippen LogP contribution in [-0.2, 0) is 14.3 Å². The van der Waals surface area contributed by atoms with Crippen LogP contribution in [0.2, 0.25) is 0 Å². The number of amides is 2. The average Bonchev–Trinajstić information content (AvgIpc) is 2.93. The van der Waals surface area contributed by atoms with Gasteiger partial charge in [0.1, 0.15) is 0 Å². The smallest absolute Gasteiger partial charge is 0.242 e. The Balaban J connectivity index is 1.49. The third kappa shape index (κ3) is 4.77. The van der Waals surface area contributed by atoms with Gasteiger partial charge in [-0.15, -0.1) is 0 Å². The van der Waals surface area contributed by atoms with Gasteiger partial charge in [0.25, 0.3) is 0 Å². The molecule has 0 bridgehead atoms. The largest absolute Gasteiger partial charge is 0.385 e. The van der Waals surface area contributed by atoms with Crippen molar-refractivity contribution >= 4 is 11.8 Å². The lowest BCUT2D eigenvalue weighted by Crippen LogP contribution is -2.46. The second-order valence-electron chi connectivity index (χ2n) is 8.71. The van der Waals surface area contributed by atoms with Gasteiger partial charge in [0, 0.05) is 39.8 Å². The molecule has 0 aromatic rings. The molecular weight excluding hydrogens is 330 g/mol. The number of carbonyl (C=O) groups excluding carboxylic acids is 2. The Morgan fingerprint density at radius 3 is 2.77 bits per heavy atom. The molecule has 0 aromatic heterocycles. The minimum absolute atomic E-state index is 0.120. The number of hydrogen-bond acceptors (Lipinski definition) is 4. The molecule has 0 radical (unpaired) electrons. The molecule has 0 aliphatic carbocycles. The van der Waals surface area contributed by atoms with E-state index in [9.17, 15) is 9.59 Å². The average molecular weight is 366 g/mol. The van der Waals surface area contributed by atoms with Crippen molar-refractivity contribution in [3.8, 4) is 0 Å². The van der Waals surface area contributed by atoms with E-state index in [2.05, 4.69) is 11.9 Å². The van der Waals surface area contributed by atoms with Gasteiger partial charge < -0.3 is 19.4 Å². The second-order valence-corrected chi connectivity index (χ2v) is 8.71. The standard InChI is InChI=1S/C20H35N3O3/c1-21-10-7-20(8-11-21)13-18(24)23(16-20)15-19(25)22-9-3-5-17(14-22)6-4-12-26-2/h17H,3-16H2,1-2H3. The molecule has 1 spiro atoms. The van der Waals surface area contributed by atoms with E-state index in [0.29, 0.717) is 12.3 Å². The zero-order valence-corrected chi connectivity index (χ0v) is 16.5. The number of rotatable bonds is 6. The van der Waals surface area contributed by atoms with E-state index in [4.69, 9.17) is 4.74 Å². The first-order chi connectivity index (χ1) is 12.5.